The maximum Gasteiger partial charge on any atom is 0.294 e. The van der Waals surface area contributed by atoms with Gasteiger partial charge in [-0.15, -0.1) is 0 Å². The average Bonchev–Trinajstić information content (AvgIpc) is 3.38. The molecule has 1 aliphatic heterocycles. The highest BCUT2D eigenvalue weighted by atomic mass is 79.9. The first kappa shape index (κ1) is 25.3. The monoisotopic (exact) mass is 577 g/mol. The molecule has 0 aliphatic carbocycles. The maximum atomic E-state index is 13.9. The van der Waals surface area contributed by atoms with Crippen molar-refractivity contribution in [1.82, 2.24) is 0 Å². The Hall–Kier alpha value is -3.35. The molecule has 0 saturated carbocycles. The normalized spacial score (nSPS) is 16.2. The van der Waals surface area contributed by atoms with Gasteiger partial charge in [0, 0.05) is 20.6 Å². The highest BCUT2D eigenvalue weighted by Crippen LogP contribution is 2.44. The number of aliphatic hydroxyl groups is 1. The van der Waals surface area contributed by atoms with Crippen LogP contribution in [0.15, 0.2) is 87.0 Å². The Balaban J connectivity index is 1.68. The number of anilines is 1. The van der Waals surface area contributed by atoms with Crippen LogP contribution in [0.25, 0.3) is 11.0 Å². The van der Waals surface area contributed by atoms with Crippen LogP contribution in [0.1, 0.15) is 54.1 Å². The molecule has 1 atom stereocenters. The molecular weight excluding hydrogens is 554 g/mol. The Bertz CT molecular complexity index is 1590. The molecule has 1 unspecified atom stereocenters. The van der Waals surface area contributed by atoms with E-state index in [2.05, 4.69) is 36.7 Å². The molecule has 4 aromatic rings. The highest BCUT2D eigenvalue weighted by Gasteiger charge is 2.46. The van der Waals surface area contributed by atoms with E-state index >= 15 is 0 Å². The summed E-state index contributed by atoms with van der Waals surface area (Å²) >= 11 is 9.82. The maximum absolute atomic E-state index is 13.9. The van der Waals surface area contributed by atoms with Crippen molar-refractivity contribution in [2.24, 2.45) is 0 Å². The summed E-state index contributed by atoms with van der Waals surface area (Å²) < 4.78 is 6.69. The number of furan rings is 1. The predicted molar refractivity (Wildman–Crippen MR) is 149 cm³/mol. The van der Waals surface area contributed by atoms with Gasteiger partial charge >= 0.3 is 0 Å². The quantitative estimate of drug-likeness (QED) is 0.248. The second-order valence-corrected chi connectivity index (χ2v) is 11.5. The standard InChI is InChI=1S/C30H25BrClNO4/c1-16-21(32)6-5-7-22(16)33-26(17-8-10-19(11-9-17)30(2,3)4)25(28(35)29(33)36)27(34)24-15-18-14-20(31)12-13-23(18)37-24/h5-15,26,35H,1-4H3. The van der Waals surface area contributed by atoms with Crippen LogP contribution in [0.2, 0.25) is 5.02 Å². The number of nitrogens with zero attached hydrogens (tertiary/aromatic N) is 1. The number of amides is 1. The molecule has 0 saturated heterocycles. The highest BCUT2D eigenvalue weighted by molar-refractivity contribution is 9.10. The minimum atomic E-state index is -0.869. The van der Waals surface area contributed by atoms with Crippen molar-refractivity contribution in [3.63, 3.8) is 0 Å². The van der Waals surface area contributed by atoms with Crippen LogP contribution in [-0.4, -0.2) is 16.8 Å². The van der Waals surface area contributed by atoms with Crippen molar-refractivity contribution in [3.8, 4) is 0 Å². The molecule has 0 radical (unpaired) electrons. The number of hydrogen-bond donors (Lipinski definition) is 1. The van der Waals surface area contributed by atoms with Gasteiger partial charge in [-0.1, -0.05) is 78.6 Å². The van der Waals surface area contributed by atoms with Gasteiger partial charge in [-0.25, -0.2) is 0 Å². The molecule has 3 aromatic carbocycles. The SMILES string of the molecule is Cc1c(Cl)cccc1N1C(=O)C(O)=C(C(=O)c2cc3cc(Br)ccc3o2)C1c1ccc(C(C)(C)C)cc1. The van der Waals surface area contributed by atoms with Gasteiger partial charge in [0.1, 0.15) is 5.58 Å². The van der Waals surface area contributed by atoms with Crippen molar-refractivity contribution in [3.05, 3.63) is 110 Å². The van der Waals surface area contributed by atoms with Gasteiger partial charge in [-0.2, -0.15) is 0 Å². The fraction of sp³-hybridized carbons (Fsp3) is 0.200. The lowest BCUT2D eigenvalue weighted by molar-refractivity contribution is -0.117. The van der Waals surface area contributed by atoms with E-state index < -0.39 is 23.5 Å². The van der Waals surface area contributed by atoms with Crippen LogP contribution in [-0.2, 0) is 10.2 Å². The largest absolute Gasteiger partial charge is 0.503 e. The fourth-order valence-corrected chi connectivity index (χ4v) is 5.23. The van der Waals surface area contributed by atoms with Crippen LogP contribution < -0.4 is 4.90 Å². The number of carbonyl (C=O) groups is 2. The molecule has 7 heteroatoms. The third-order valence-electron chi connectivity index (χ3n) is 6.75. The summed E-state index contributed by atoms with van der Waals surface area (Å²) in [6.07, 6.45) is 0. The topological polar surface area (TPSA) is 70.8 Å². The number of ketones is 1. The van der Waals surface area contributed by atoms with Crippen LogP contribution >= 0.6 is 27.5 Å². The smallest absolute Gasteiger partial charge is 0.294 e. The zero-order valence-corrected chi connectivity index (χ0v) is 23.1. The Kier molecular flexibility index (Phi) is 6.29. The lowest BCUT2D eigenvalue weighted by atomic mass is 9.85. The van der Waals surface area contributed by atoms with Crippen molar-refractivity contribution in [2.75, 3.05) is 4.90 Å². The molecule has 0 spiro atoms. The van der Waals surface area contributed by atoms with E-state index in [9.17, 15) is 14.7 Å². The van der Waals surface area contributed by atoms with Gasteiger partial charge in [0.2, 0.25) is 5.78 Å². The number of hydrogen-bond acceptors (Lipinski definition) is 4. The minimum Gasteiger partial charge on any atom is -0.503 e. The Morgan fingerprint density at radius 3 is 2.43 bits per heavy atom. The molecule has 1 amide bonds. The van der Waals surface area contributed by atoms with Crippen molar-refractivity contribution < 1.29 is 19.1 Å². The fourth-order valence-electron chi connectivity index (χ4n) is 4.68. The van der Waals surface area contributed by atoms with Gasteiger partial charge in [-0.05, 0) is 65.4 Å². The first-order chi connectivity index (χ1) is 17.5. The molecule has 188 valence electrons. The predicted octanol–water partition coefficient (Wildman–Crippen LogP) is 8.24. The van der Waals surface area contributed by atoms with Crippen LogP contribution in [0.4, 0.5) is 5.69 Å². The Morgan fingerprint density at radius 1 is 1.05 bits per heavy atom. The summed E-state index contributed by atoms with van der Waals surface area (Å²) in [6, 6.07) is 19.2. The zero-order valence-electron chi connectivity index (χ0n) is 20.8. The molecule has 1 N–H and O–H groups in total. The molecule has 2 heterocycles. The number of benzene rings is 3. The van der Waals surface area contributed by atoms with Crippen molar-refractivity contribution in [1.29, 1.82) is 0 Å². The number of carbonyl (C=O) groups excluding carboxylic acids is 2. The van der Waals surface area contributed by atoms with Gasteiger partial charge in [-0.3, -0.25) is 14.5 Å². The molecule has 0 bridgehead atoms. The van der Waals surface area contributed by atoms with Gasteiger partial charge in [0.25, 0.3) is 5.91 Å². The van der Waals surface area contributed by atoms with Gasteiger partial charge in [0.05, 0.1) is 11.6 Å². The number of rotatable bonds is 4. The molecule has 0 fully saturated rings. The summed E-state index contributed by atoms with van der Waals surface area (Å²) in [5.74, 6) is -1.78. The number of Topliss-reactive ketones (excluding diaryl/α,β-unsaturated/α-hetero) is 1. The van der Waals surface area contributed by atoms with E-state index in [0.717, 1.165) is 15.4 Å². The number of halogens is 2. The van der Waals surface area contributed by atoms with Crippen LogP contribution in [0.3, 0.4) is 0 Å². The number of aliphatic hydroxyl groups excluding tert-OH is 1. The van der Waals surface area contributed by atoms with E-state index in [1.165, 1.54) is 4.90 Å². The van der Waals surface area contributed by atoms with E-state index in [0.29, 0.717) is 27.4 Å². The summed E-state index contributed by atoms with van der Waals surface area (Å²) in [5, 5.41) is 12.3. The summed E-state index contributed by atoms with van der Waals surface area (Å²) in [4.78, 5) is 28.8. The molecular formula is C30H25BrClNO4. The van der Waals surface area contributed by atoms with E-state index in [1.807, 2.05) is 36.4 Å². The third kappa shape index (κ3) is 4.38. The molecule has 5 nitrogen and oxygen atoms in total. The molecule has 5 rings (SSSR count). The second kappa shape index (κ2) is 9.19. The lowest BCUT2D eigenvalue weighted by Crippen LogP contribution is -2.31. The van der Waals surface area contributed by atoms with Crippen LogP contribution in [0.5, 0.6) is 0 Å². The van der Waals surface area contributed by atoms with Gasteiger partial charge < -0.3 is 9.52 Å². The lowest BCUT2D eigenvalue weighted by Gasteiger charge is -2.29. The Morgan fingerprint density at radius 2 is 1.76 bits per heavy atom. The third-order valence-corrected chi connectivity index (χ3v) is 7.65. The average molecular weight is 579 g/mol. The van der Waals surface area contributed by atoms with E-state index in [1.54, 1.807) is 37.3 Å². The van der Waals surface area contributed by atoms with Crippen molar-refractivity contribution >= 4 is 55.9 Å². The summed E-state index contributed by atoms with van der Waals surface area (Å²) in [5.41, 5.74) is 3.40. The van der Waals surface area contributed by atoms with E-state index in [-0.39, 0.29) is 16.7 Å². The molecule has 1 aliphatic rings. The zero-order chi connectivity index (χ0) is 26.6. The first-order valence-electron chi connectivity index (χ1n) is 11.8. The van der Waals surface area contributed by atoms with Crippen molar-refractivity contribution in [2.45, 2.75) is 39.2 Å². The summed E-state index contributed by atoms with van der Waals surface area (Å²) in [7, 11) is 0. The van der Waals surface area contributed by atoms with Crippen LogP contribution in [0, 0.1) is 6.92 Å². The van der Waals surface area contributed by atoms with Gasteiger partial charge in [0.15, 0.2) is 11.5 Å². The Labute approximate surface area is 228 Å². The molecule has 37 heavy (non-hydrogen) atoms. The molecule has 1 aromatic heterocycles. The summed E-state index contributed by atoms with van der Waals surface area (Å²) in [6.45, 7) is 8.15. The second-order valence-electron chi connectivity index (χ2n) is 10.2. The van der Waals surface area contributed by atoms with E-state index in [4.69, 9.17) is 16.0 Å². The minimum absolute atomic E-state index is 0.0361. The number of fused-ring (bicyclic) bond motifs is 1. The first-order valence-corrected chi connectivity index (χ1v) is 13.0.